The second-order valence-electron chi connectivity index (χ2n) is 4.92. The van der Waals surface area contributed by atoms with Crippen LogP contribution in [-0.2, 0) is 17.8 Å². The zero-order valence-electron chi connectivity index (χ0n) is 12.5. The molecule has 7 nitrogen and oxygen atoms in total. The van der Waals surface area contributed by atoms with Crippen molar-refractivity contribution in [2.75, 3.05) is 12.3 Å². The lowest BCUT2D eigenvalue weighted by molar-refractivity contribution is 0.106. The van der Waals surface area contributed by atoms with Crippen LogP contribution in [0.1, 0.15) is 18.2 Å². The number of rotatable bonds is 3. The van der Waals surface area contributed by atoms with Crippen LogP contribution in [-0.4, -0.2) is 27.6 Å². The number of hydrogen-bond donors (Lipinski definition) is 1. The van der Waals surface area contributed by atoms with Crippen LogP contribution in [0.5, 0.6) is 11.6 Å². The molecule has 0 aliphatic carbocycles. The number of fused-ring (bicyclic) bond motifs is 1. The summed E-state index contributed by atoms with van der Waals surface area (Å²) in [5.74, 6) is 1.00. The van der Waals surface area contributed by atoms with Gasteiger partial charge < -0.3 is 15.2 Å². The van der Waals surface area contributed by atoms with Crippen molar-refractivity contribution in [3.63, 3.8) is 0 Å². The fourth-order valence-corrected chi connectivity index (χ4v) is 2.41. The van der Waals surface area contributed by atoms with E-state index in [1.54, 1.807) is 31.2 Å². The number of aromatic nitrogens is 2. The molecule has 8 heteroatoms. The molecule has 0 unspecified atom stereocenters. The van der Waals surface area contributed by atoms with E-state index >= 15 is 0 Å². The van der Waals surface area contributed by atoms with E-state index in [0.717, 1.165) is 5.56 Å². The molecule has 3 rings (SSSR count). The minimum Gasteiger partial charge on any atom is -0.450 e. The summed E-state index contributed by atoms with van der Waals surface area (Å²) in [5.41, 5.74) is 7.12. The van der Waals surface area contributed by atoms with Crippen molar-refractivity contribution in [2.24, 2.45) is 0 Å². The van der Waals surface area contributed by atoms with E-state index in [1.165, 1.54) is 4.90 Å². The van der Waals surface area contributed by atoms with Crippen LogP contribution in [0.2, 0.25) is 5.02 Å². The Balaban J connectivity index is 1.86. The van der Waals surface area contributed by atoms with Crippen molar-refractivity contribution in [1.29, 1.82) is 0 Å². The molecule has 120 valence electrons. The molecule has 0 saturated carbocycles. The van der Waals surface area contributed by atoms with Gasteiger partial charge in [0.2, 0.25) is 11.8 Å². The summed E-state index contributed by atoms with van der Waals surface area (Å²) < 4.78 is 10.8. The molecule has 0 bridgehead atoms. The van der Waals surface area contributed by atoms with Crippen molar-refractivity contribution in [1.82, 2.24) is 14.9 Å². The monoisotopic (exact) mass is 334 g/mol. The van der Waals surface area contributed by atoms with E-state index in [4.69, 9.17) is 26.8 Å². The molecule has 2 N–H and O–H groups in total. The average molecular weight is 335 g/mol. The minimum atomic E-state index is -0.401. The van der Waals surface area contributed by atoms with Crippen LogP contribution in [0.3, 0.4) is 0 Å². The second-order valence-corrected chi connectivity index (χ2v) is 5.36. The first kappa shape index (κ1) is 15.4. The number of ether oxygens (including phenoxy) is 2. The summed E-state index contributed by atoms with van der Waals surface area (Å²) in [4.78, 5) is 21.7. The van der Waals surface area contributed by atoms with Crippen molar-refractivity contribution in [2.45, 2.75) is 20.0 Å². The molecule has 0 radical (unpaired) electrons. The van der Waals surface area contributed by atoms with Gasteiger partial charge in [-0.25, -0.2) is 9.78 Å². The molecule has 0 fully saturated rings. The van der Waals surface area contributed by atoms with Crippen molar-refractivity contribution < 1.29 is 14.3 Å². The first-order chi connectivity index (χ1) is 11.1. The van der Waals surface area contributed by atoms with Gasteiger partial charge in [0.15, 0.2) is 0 Å². The van der Waals surface area contributed by atoms with Gasteiger partial charge in [0.1, 0.15) is 5.75 Å². The fourth-order valence-electron chi connectivity index (χ4n) is 2.29. The lowest BCUT2D eigenvalue weighted by Gasteiger charge is -2.14. The molecular weight excluding hydrogens is 320 g/mol. The van der Waals surface area contributed by atoms with E-state index in [-0.39, 0.29) is 5.95 Å². The predicted molar refractivity (Wildman–Crippen MR) is 84.2 cm³/mol. The van der Waals surface area contributed by atoms with Gasteiger partial charge in [-0.05, 0) is 31.2 Å². The highest BCUT2D eigenvalue weighted by molar-refractivity contribution is 6.30. The van der Waals surface area contributed by atoms with Crippen LogP contribution >= 0.6 is 11.6 Å². The number of halogens is 1. The first-order valence-corrected chi connectivity index (χ1v) is 7.45. The first-order valence-electron chi connectivity index (χ1n) is 7.07. The van der Waals surface area contributed by atoms with Gasteiger partial charge in [-0.2, -0.15) is 4.98 Å². The summed E-state index contributed by atoms with van der Waals surface area (Å²) in [7, 11) is 0. The molecule has 1 aromatic heterocycles. The SMILES string of the molecule is CCOC(=O)N1Cc2nc(N)nc(Oc3ccc(Cl)cc3)c2C1. The Hall–Kier alpha value is -2.54. The zero-order chi connectivity index (χ0) is 16.4. The molecule has 1 aliphatic rings. The lowest BCUT2D eigenvalue weighted by Crippen LogP contribution is -2.26. The average Bonchev–Trinajstić information content (AvgIpc) is 2.94. The van der Waals surface area contributed by atoms with Gasteiger partial charge in [0, 0.05) is 5.02 Å². The fraction of sp³-hybridized carbons (Fsp3) is 0.267. The number of hydrogen-bond acceptors (Lipinski definition) is 6. The molecule has 0 spiro atoms. The number of carbonyl (C=O) groups is 1. The second kappa shape index (κ2) is 6.29. The van der Waals surface area contributed by atoms with Gasteiger partial charge >= 0.3 is 6.09 Å². The maximum absolute atomic E-state index is 11.9. The third-order valence-electron chi connectivity index (χ3n) is 3.32. The Morgan fingerprint density at radius 2 is 2.04 bits per heavy atom. The quantitative estimate of drug-likeness (QED) is 0.928. The molecule has 23 heavy (non-hydrogen) atoms. The van der Waals surface area contributed by atoms with Crippen LogP contribution in [0.25, 0.3) is 0 Å². The summed E-state index contributed by atoms with van der Waals surface area (Å²) in [5, 5.41) is 0.610. The molecule has 1 aliphatic heterocycles. The third-order valence-corrected chi connectivity index (χ3v) is 3.57. The Morgan fingerprint density at radius 1 is 1.30 bits per heavy atom. The van der Waals surface area contributed by atoms with E-state index in [1.807, 2.05) is 0 Å². The molecule has 0 saturated heterocycles. The van der Waals surface area contributed by atoms with Gasteiger partial charge in [-0.3, -0.25) is 4.90 Å². The largest absolute Gasteiger partial charge is 0.450 e. The Kier molecular flexibility index (Phi) is 4.20. The summed E-state index contributed by atoms with van der Waals surface area (Å²) >= 11 is 5.86. The van der Waals surface area contributed by atoms with E-state index < -0.39 is 6.09 Å². The van der Waals surface area contributed by atoms with E-state index in [0.29, 0.717) is 42.0 Å². The van der Waals surface area contributed by atoms with Crippen LogP contribution in [0.4, 0.5) is 10.7 Å². The number of anilines is 1. The van der Waals surface area contributed by atoms with Gasteiger partial charge in [-0.1, -0.05) is 11.6 Å². The zero-order valence-corrected chi connectivity index (χ0v) is 13.2. The van der Waals surface area contributed by atoms with E-state index in [9.17, 15) is 4.79 Å². The third kappa shape index (κ3) is 3.29. The molecule has 0 atom stereocenters. The van der Waals surface area contributed by atoms with Gasteiger partial charge in [0.05, 0.1) is 31.0 Å². The van der Waals surface area contributed by atoms with Gasteiger partial charge in [0.25, 0.3) is 0 Å². The van der Waals surface area contributed by atoms with Crippen molar-refractivity contribution in [3.05, 3.63) is 40.5 Å². The molecule has 1 amide bonds. The van der Waals surface area contributed by atoms with Crippen LogP contribution < -0.4 is 10.5 Å². The highest BCUT2D eigenvalue weighted by Gasteiger charge is 2.30. The smallest absolute Gasteiger partial charge is 0.410 e. The maximum Gasteiger partial charge on any atom is 0.410 e. The van der Waals surface area contributed by atoms with E-state index in [2.05, 4.69) is 9.97 Å². The number of nitrogen functional groups attached to an aromatic ring is 1. The Bertz CT molecular complexity index is 736. The number of carbonyl (C=O) groups excluding carboxylic acids is 1. The normalized spacial score (nSPS) is 12.9. The Morgan fingerprint density at radius 3 is 2.74 bits per heavy atom. The molecule has 1 aromatic carbocycles. The topological polar surface area (TPSA) is 90.6 Å². The maximum atomic E-state index is 11.9. The van der Waals surface area contributed by atoms with Crippen LogP contribution in [0.15, 0.2) is 24.3 Å². The lowest BCUT2D eigenvalue weighted by atomic mass is 10.2. The molecule has 2 aromatic rings. The van der Waals surface area contributed by atoms with Crippen LogP contribution in [0, 0.1) is 0 Å². The predicted octanol–water partition coefficient (Wildman–Crippen LogP) is 2.98. The molecule has 2 heterocycles. The number of nitrogens with two attached hydrogens (primary N) is 1. The number of nitrogens with zero attached hydrogens (tertiary/aromatic N) is 3. The van der Waals surface area contributed by atoms with Gasteiger partial charge in [-0.15, -0.1) is 0 Å². The Labute approximate surface area is 138 Å². The molecular formula is C15H15ClN4O3. The van der Waals surface area contributed by atoms with Crippen molar-refractivity contribution in [3.8, 4) is 11.6 Å². The van der Waals surface area contributed by atoms with Crippen molar-refractivity contribution >= 4 is 23.6 Å². The minimum absolute atomic E-state index is 0.0958. The summed E-state index contributed by atoms with van der Waals surface area (Å²) in [6, 6.07) is 6.88. The number of amides is 1. The highest BCUT2D eigenvalue weighted by atomic mass is 35.5. The number of benzene rings is 1. The summed E-state index contributed by atoms with van der Waals surface area (Å²) in [6.45, 7) is 2.71. The summed E-state index contributed by atoms with van der Waals surface area (Å²) in [6.07, 6.45) is -0.401. The standard InChI is InChI=1S/C15H15ClN4O3/c1-2-22-15(21)20-7-11-12(8-20)18-14(17)19-13(11)23-10-5-3-9(16)4-6-10/h3-6H,2,7-8H2,1H3,(H2,17,18,19). The highest BCUT2D eigenvalue weighted by Crippen LogP contribution is 2.32.